The van der Waals surface area contributed by atoms with E-state index in [0.29, 0.717) is 6.04 Å². The second-order valence-corrected chi connectivity index (χ2v) is 6.65. The van der Waals surface area contributed by atoms with E-state index >= 15 is 0 Å². The second kappa shape index (κ2) is 5.91. The van der Waals surface area contributed by atoms with Crippen molar-refractivity contribution in [1.29, 1.82) is 0 Å². The Bertz CT molecular complexity index is 646. The number of hydrogen-bond donors (Lipinski definition) is 2. The zero-order valence-electron chi connectivity index (χ0n) is 12.3. The number of halogens is 1. The third-order valence-corrected chi connectivity index (χ3v) is 5.11. The van der Waals surface area contributed by atoms with Gasteiger partial charge in [0.1, 0.15) is 0 Å². The normalized spacial score (nSPS) is 25.6. The van der Waals surface area contributed by atoms with Crippen LogP contribution in [0.25, 0.3) is 10.9 Å². The maximum Gasteiger partial charge on any atom is 0.0761 e. The van der Waals surface area contributed by atoms with Crippen LogP contribution in [-0.4, -0.2) is 22.7 Å². The molecule has 2 aromatic rings. The first kappa shape index (κ1) is 14.8. The van der Waals surface area contributed by atoms with Crippen LogP contribution in [0.1, 0.15) is 31.7 Å². The molecular formula is C17H21ClN2O. The van der Waals surface area contributed by atoms with Crippen LogP contribution in [0.4, 0.5) is 0 Å². The minimum atomic E-state index is -0.00431. The van der Waals surface area contributed by atoms with E-state index in [1.54, 1.807) is 6.20 Å². The molecule has 2 atom stereocenters. The Morgan fingerprint density at radius 1 is 1.43 bits per heavy atom. The van der Waals surface area contributed by atoms with E-state index in [-0.39, 0.29) is 12.0 Å². The molecule has 0 radical (unpaired) electrons. The van der Waals surface area contributed by atoms with Crippen molar-refractivity contribution in [2.45, 2.75) is 38.8 Å². The Kier molecular flexibility index (Phi) is 4.16. The fourth-order valence-corrected chi connectivity index (χ4v) is 3.56. The number of fused-ring (bicyclic) bond motifs is 1. The van der Waals surface area contributed by atoms with Crippen molar-refractivity contribution in [3.63, 3.8) is 0 Å². The van der Waals surface area contributed by atoms with Crippen LogP contribution in [0.5, 0.6) is 0 Å². The van der Waals surface area contributed by atoms with E-state index in [1.807, 2.05) is 24.3 Å². The molecule has 0 spiro atoms. The molecule has 1 fully saturated rings. The minimum Gasteiger partial charge on any atom is -0.396 e. The highest BCUT2D eigenvalue weighted by atomic mass is 35.5. The van der Waals surface area contributed by atoms with Crippen LogP contribution in [0.15, 0.2) is 30.5 Å². The van der Waals surface area contributed by atoms with Gasteiger partial charge in [-0.3, -0.25) is 4.98 Å². The van der Waals surface area contributed by atoms with Gasteiger partial charge in [-0.1, -0.05) is 31.0 Å². The van der Waals surface area contributed by atoms with Gasteiger partial charge < -0.3 is 10.4 Å². The molecule has 1 heterocycles. The van der Waals surface area contributed by atoms with Crippen molar-refractivity contribution in [1.82, 2.24) is 10.3 Å². The first-order valence-electron chi connectivity index (χ1n) is 7.50. The van der Waals surface area contributed by atoms with E-state index in [0.717, 1.165) is 40.9 Å². The summed E-state index contributed by atoms with van der Waals surface area (Å²) in [6.07, 6.45) is 5.18. The highest BCUT2D eigenvalue weighted by Crippen LogP contribution is 2.37. The van der Waals surface area contributed by atoms with E-state index in [4.69, 9.17) is 11.6 Å². The SMILES string of the molecule is CC1(CO)CCCC1NCc1ccc(Cl)c2cccnc12. The van der Waals surface area contributed by atoms with Crippen molar-refractivity contribution in [2.75, 3.05) is 6.61 Å². The molecular weight excluding hydrogens is 284 g/mol. The Balaban J connectivity index is 1.82. The van der Waals surface area contributed by atoms with Gasteiger partial charge in [-0.2, -0.15) is 0 Å². The van der Waals surface area contributed by atoms with Crippen molar-refractivity contribution in [2.24, 2.45) is 5.41 Å². The van der Waals surface area contributed by atoms with Crippen molar-refractivity contribution in [3.8, 4) is 0 Å². The highest BCUT2D eigenvalue weighted by molar-refractivity contribution is 6.35. The smallest absolute Gasteiger partial charge is 0.0761 e. The summed E-state index contributed by atoms with van der Waals surface area (Å²) in [5.41, 5.74) is 2.11. The Morgan fingerprint density at radius 3 is 3.10 bits per heavy atom. The van der Waals surface area contributed by atoms with Gasteiger partial charge in [-0.15, -0.1) is 0 Å². The number of rotatable bonds is 4. The molecule has 1 aliphatic carbocycles. The first-order chi connectivity index (χ1) is 10.1. The van der Waals surface area contributed by atoms with Crippen LogP contribution in [0, 0.1) is 5.41 Å². The number of nitrogens with one attached hydrogen (secondary N) is 1. The minimum absolute atomic E-state index is 0.00431. The predicted molar refractivity (Wildman–Crippen MR) is 86.4 cm³/mol. The molecule has 0 amide bonds. The quantitative estimate of drug-likeness (QED) is 0.908. The van der Waals surface area contributed by atoms with Gasteiger partial charge in [0.05, 0.1) is 5.52 Å². The molecule has 1 aromatic carbocycles. The van der Waals surface area contributed by atoms with Gasteiger partial charge in [-0.25, -0.2) is 0 Å². The summed E-state index contributed by atoms with van der Waals surface area (Å²) in [5, 5.41) is 15.0. The van der Waals surface area contributed by atoms with Crippen molar-refractivity contribution >= 4 is 22.5 Å². The average molecular weight is 305 g/mol. The summed E-state index contributed by atoms with van der Waals surface area (Å²) in [5.74, 6) is 0. The number of benzene rings is 1. The Labute approximate surface area is 130 Å². The van der Waals surface area contributed by atoms with Crippen LogP contribution < -0.4 is 5.32 Å². The molecule has 1 aromatic heterocycles. The fraction of sp³-hybridized carbons (Fsp3) is 0.471. The van der Waals surface area contributed by atoms with E-state index in [1.165, 1.54) is 6.42 Å². The average Bonchev–Trinajstić information content (AvgIpc) is 2.89. The Morgan fingerprint density at radius 2 is 2.29 bits per heavy atom. The third-order valence-electron chi connectivity index (χ3n) is 4.78. The molecule has 112 valence electrons. The van der Waals surface area contributed by atoms with Crippen LogP contribution >= 0.6 is 11.6 Å². The van der Waals surface area contributed by atoms with Gasteiger partial charge in [0.15, 0.2) is 0 Å². The topological polar surface area (TPSA) is 45.1 Å². The van der Waals surface area contributed by atoms with Gasteiger partial charge in [-0.05, 0) is 36.6 Å². The summed E-state index contributed by atoms with van der Waals surface area (Å²) >= 11 is 6.23. The number of nitrogens with zero attached hydrogens (tertiary/aromatic N) is 1. The van der Waals surface area contributed by atoms with E-state index in [2.05, 4.69) is 17.2 Å². The van der Waals surface area contributed by atoms with Crippen molar-refractivity contribution < 1.29 is 5.11 Å². The van der Waals surface area contributed by atoms with Crippen LogP contribution in [-0.2, 0) is 6.54 Å². The predicted octanol–water partition coefficient (Wildman–Crippen LogP) is 3.53. The summed E-state index contributed by atoms with van der Waals surface area (Å²) in [7, 11) is 0. The molecule has 1 aliphatic rings. The standard InChI is InChI=1S/C17H21ClN2O/c1-17(11-21)8-2-5-15(17)20-10-12-6-7-14(18)13-4-3-9-19-16(12)13/h3-4,6-7,9,15,20-21H,2,5,8,10-11H2,1H3. The number of aliphatic hydroxyl groups excluding tert-OH is 1. The molecule has 3 rings (SSSR count). The zero-order chi connectivity index (χ0) is 14.9. The lowest BCUT2D eigenvalue weighted by molar-refractivity contribution is 0.118. The molecule has 0 saturated heterocycles. The zero-order valence-corrected chi connectivity index (χ0v) is 13.0. The first-order valence-corrected chi connectivity index (χ1v) is 7.88. The lowest BCUT2D eigenvalue weighted by Gasteiger charge is -2.30. The van der Waals surface area contributed by atoms with Crippen molar-refractivity contribution in [3.05, 3.63) is 41.0 Å². The maximum absolute atomic E-state index is 9.63. The fourth-order valence-electron chi connectivity index (χ4n) is 3.34. The van der Waals surface area contributed by atoms with Gasteiger partial charge in [0, 0.05) is 41.2 Å². The molecule has 1 saturated carbocycles. The van der Waals surface area contributed by atoms with E-state index in [9.17, 15) is 5.11 Å². The summed E-state index contributed by atoms with van der Waals surface area (Å²) < 4.78 is 0. The molecule has 2 unspecified atom stereocenters. The van der Waals surface area contributed by atoms with Crippen LogP contribution in [0.3, 0.4) is 0 Å². The summed E-state index contributed by atoms with van der Waals surface area (Å²) in [6, 6.07) is 8.24. The lowest BCUT2D eigenvalue weighted by Crippen LogP contribution is -2.41. The van der Waals surface area contributed by atoms with Crippen LogP contribution in [0.2, 0.25) is 5.02 Å². The molecule has 0 aliphatic heterocycles. The van der Waals surface area contributed by atoms with Gasteiger partial charge in [0.25, 0.3) is 0 Å². The molecule has 21 heavy (non-hydrogen) atoms. The molecule has 3 nitrogen and oxygen atoms in total. The molecule has 0 bridgehead atoms. The largest absolute Gasteiger partial charge is 0.396 e. The Hall–Kier alpha value is -1.16. The second-order valence-electron chi connectivity index (χ2n) is 6.24. The highest BCUT2D eigenvalue weighted by Gasteiger charge is 2.37. The number of hydrogen-bond acceptors (Lipinski definition) is 3. The van der Waals surface area contributed by atoms with Gasteiger partial charge >= 0.3 is 0 Å². The number of aromatic nitrogens is 1. The third kappa shape index (κ3) is 2.78. The number of aliphatic hydroxyl groups is 1. The van der Waals surface area contributed by atoms with E-state index < -0.39 is 0 Å². The van der Waals surface area contributed by atoms with Gasteiger partial charge in [0.2, 0.25) is 0 Å². The number of pyridine rings is 1. The summed E-state index contributed by atoms with van der Waals surface area (Å²) in [4.78, 5) is 4.47. The molecule has 4 heteroatoms. The lowest BCUT2D eigenvalue weighted by atomic mass is 9.85. The monoisotopic (exact) mass is 304 g/mol. The summed E-state index contributed by atoms with van der Waals surface area (Å²) in [6.45, 7) is 3.16. The molecule has 2 N–H and O–H groups in total. The maximum atomic E-state index is 9.63.